The molecule has 0 aromatic heterocycles. The van der Waals surface area contributed by atoms with Gasteiger partial charge in [-0.15, -0.1) is 0 Å². The molecule has 19 heavy (non-hydrogen) atoms. The molecule has 0 heterocycles. The highest BCUT2D eigenvalue weighted by molar-refractivity contribution is 7.90. The van der Waals surface area contributed by atoms with Crippen molar-refractivity contribution in [1.82, 2.24) is 4.72 Å². The normalized spacial score (nSPS) is 11.4. The fraction of sp³-hybridized carbons (Fsp3) is 0.364. The molecule has 0 radical (unpaired) electrons. The van der Waals surface area contributed by atoms with Crippen LogP contribution in [0.3, 0.4) is 0 Å². The fourth-order valence-corrected chi connectivity index (χ4v) is 2.44. The Kier molecular flexibility index (Phi) is 5.10. The summed E-state index contributed by atoms with van der Waals surface area (Å²) in [7, 11) is -5.57. The second-order valence-corrected chi connectivity index (χ2v) is 6.25. The average Bonchev–Trinajstić information content (AvgIpc) is 2.27. The summed E-state index contributed by atoms with van der Waals surface area (Å²) in [6, 6.07) is 4.96. The number of nitrogens with one attached hydrogen (secondary N) is 1. The van der Waals surface area contributed by atoms with Gasteiger partial charge in [-0.05, 0) is 23.5 Å². The molecule has 1 aromatic rings. The van der Waals surface area contributed by atoms with Crippen LogP contribution in [0.5, 0.6) is 0 Å². The van der Waals surface area contributed by atoms with Crippen LogP contribution < -0.4 is 10.2 Å². The Balaban J connectivity index is 2.86. The van der Waals surface area contributed by atoms with Crippen molar-refractivity contribution in [1.29, 1.82) is 0 Å². The summed E-state index contributed by atoms with van der Waals surface area (Å²) < 4.78 is 25.7. The standard InChI is InChI=1S/C11H16BNO5S/c1-8(2)7-11(14)13-19(17,18)10-5-3-9(4-6-10)12(15)16/h3-6,8,15-16H,7H2,1-2H3,(H,13,14). The first-order valence-electron chi connectivity index (χ1n) is 5.74. The first-order chi connectivity index (χ1) is 8.72. The summed E-state index contributed by atoms with van der Waals surface area (Å²) in [6.45, 7) is 3.62. The molecule has 8 heteroatoms. The van der Waals surface area contributed by atoms with E-state index in [1.165, 1.54) is 24.3 Å². The molecular formula is C11H16BNO5S. The van der Waals surface area contributed by atoms with E-state index in [9.17, 15) is 13.2 Å². The van der Waals surface area contributed by atoms with Crippen LogP contribution >= 0.6 is 0 Å². The van der Waals surface area contributed by atoms with Crippen molar-refractivity contribution in [3.63, 3.8) is 0 Å². The molecule has 1 amide bonds. The van der Waals surface area contributed by atoms with E-state index in [0.29, 0.717) is 0 Å². The van der Waals surface area contributed by atoms with Gasteiger partial charge in [0.25, 0.3) is 10.0 Å². The van der Waals surface area contributed by atoms with Crippen molar-refractivity contribution in [2.24, 2.45) is 5.92 Å². The van der Waals surface area contributed by atoms with Crippen LogP contribution in [-0.2, 0) is 14.8 Å². The Morgan fingerprint density at radius 2 is 1.79 bits per heavy atom. The Morgan fingerprint density at radius 1 is 1.26 bits per heavy atom. The van der Waals surface area contributed by atoms with Gasteiger partial charge in [0.2, 0.25) is 5.91 Å². The van der Waals surface area contributed by atoms with E-state index < -0.39 is 23.0 Å². The SMILES string of the molecule is CC(C)CC(=O)NS(=O)(=O)c1ccc(B(O)O)cc1. The van der Waals surface area contributed by atoms with E-state index in [1.807, 2.05) is 18.6 Å². The highest BCUT2D eigenvalue weighted by Crippen LogP contribution is 2.08. The molecule has 1 rings (SSSR count). The molecule has 6 nitrogen and oxygen atoms in total. The van der Waals surface area contributed by atoms with Crippen LogP contribution in [0.4, 0.5) is 0 Å². The quantitative estimate of drug-likeness (QED) is 0.616. The Morgan fingerprint density at radius 3 is 2.21 bits per heavy atom. The number of sulfonamides is 1. The highest BCUT2D eigenvalue weighted by atomic mass is 32.2. The number of hydrogen-bond acceptors (Lipinski definition) is 5. The van der Waals surface area contributed by atoms with Crippen LogP contribution in [0.2, 0.25) is 0 Å². The average molecular weight is 285 g/mol. The maximum Gasteiger partial charge on any atom is 0.488 e. The highest BCUT2D eigenvalue weighted by Gasteiger charge is 2.19. The molecule has 1 aromatic carbocycles. The summed E-state index contributed by atoms with van der Waals surface area (Å²) in [6.07, 6.45) is 0.118. The molecular weight excluding hydrogens is 269 g/mol. The molecule has 3 N–H and O–H groups in total. The topological polar surface area (TPSA) is 104 Å². The van der Waals surface area contributed by atoms with Crippen molar-refractivity contribution in [3.05, 3.63) is 24.3 Å². The van der Waals surface area contributed by atoms with Crippen LogP contribution in [-0.4, -0.2) is 31.5 Å². The van der Waals surface area contributed by atoms with Gasteiger partial charge in [-0.3, -0.25) is 4.79 Å². The minimum Gasteiger partial charge on any atom is -0.423 e. The van der Waals surface area contributed by atoms with Crippen LogP contribution in [0.25, 0.3) is 0 Å². The van der Waals surface area contributed by atoms with Gasteiger partial charge in [-0.25, -0.2) is 13.1 Å². The zero-order valence-corrected chi connectivity index (χ0v) is 11.5. The van der Waals surface area contributed by atoms with Crippen molar-refractivity contribution in [3.8, 4) is 0 Å². The lowest BCUT2D eigenvalue weighted by atomic mass is 9.81. The van der Waals surface area contributed by atoms with E-state index in [4.69, 9.17) is 10.0 Å². The lowest BCUT2D eigenvalue weighted by molar-refractivity contribution is -0.120. The number of benzene rings is 1. The zero-order chi connectivity index (χ0) is 14.6. The zero-order valence-electron chi connectivity index (χ0n) is 10.7. The predicted molar refractivity (Wildman–Crippen MR) is 71.1 cm³/mol. The van der Waals surface area contributed by atoms with E-state index in [-0.39, 0.29) is 22.7 Å². The van der Waals surface area contributed by atoms with Gasteiger partial charge in [0.05, 0.1) is 4.90 Å². The van der Waals surface area contributed by atoms with Crippen LogP contribution in [0.15, 0.2) is 29.2 Å². The molecule has 104 valence electrons. The number of carbonyl (C=O) groups excluding carboxylic acids is 1. The van der Waals surface area contributed by atoms with Gasteiger partial charge < -0.3 is 10.0 Å². The minimum absolute atomic E-state index is 0.0575. The number of rotatable bonds is 5. The largest absolute Gasteiger partial charge is 0.488 e. The van der Waals surface area contributed by atoms with Crippen LogP contribution in [0, 0.1) is 5.92 Å². The third-order valence-electron chi connectivity index (χ3n) is 2.33. The molecule has 0 saturated carbocycles. The molecule has 0 aliphatic rings. The second kappa shape index (κ2) is 6.18. The Hall–Kier alpha value is -1.38. The van der Waals surface area contributed by atoms with E-state index in [2.05, 4.69) is 0 Å². The molecule has 0 unspecified atom stereocenters. The van der Waals surface area contributed by atoms with Gasteiger partial charge >= 0.3 is 7.12 Å². The molecule has 0 fully saturated rings. The number of hydrogen-bond donors (Lipinski definition) is 3. The fourth-order valence-electron chi connectivity index (χ4n) is 1.44. The summed E-state index contributed by atoms with van der Waals surface area (Å²) in [5.41, 5.74) is 0.174. The number of amides is 1. The molecule has 0 saturated heterocycles. The van der Waals surface area contributed by atoms with Gasteiger partial charge in [0, 0.05) is 6.42 Å². The summed E-state index contributed by atoms with van der Waals surface area (Å²) in [5.74, 6) is -0.511. The first kappa shape index (κ1) is 15.7. The first-order valence-corrected chi connectivity index (χ1v) is 7.22. The van der Waals surface area contributed by atoms with Gasteiger partial charge in [0.15, 0.2) is 0 Å². The van der Waals surface area contributed by atoms with Crippen molar-refractivity contribution in [2.45, 2.75) is 25.2 Å². The van der Waals surface area contributed by atoms with E-state index in [1.54, 1.807) is 0 Å². The lowest BCUT2D eigenvalue weighted by Crippen LogP contribution is -2.32. The van der Waals surface area contributed by atoms with Crippen molar-refractivity contribution in [2.75, 3.05) is 0 Å². The monoisotopic (exact) mass is 285 g/mol. The maximum atomic E-state index is 11.8. The summed E-state index contributed by atoms with van der Waals surface area (Å²) in [4.78, 5) is 11.3. The summed E-state index contributed by atoms with van der Waals surface area (Å²) >= 11 is 0. The van der Waals surface area contributed by atoms with Crippen LogP contribution in [0.1, 0.15) is 20.3 Å². The van der Waals surface area contributed by atoms with E-state index >= 15 is 0 Å². The second-order valence-electron chi connectivity index (χ2n) is 4.57. The molecule has 0 aliphatic carbocycles. The third kappa shape index (κ3) is 4.66. The Labute approximate surface area is 112 Å². The molecule has 0 bridgehead atoms. The smallest absolute Gasteiger partial charge is 0.423 e. The third-order valence-corrected chi connectivity index (χ3v) is 3.72. The lowest BCUT2D eigenvalue weighted by Gasteiger charge is -2.09. The summed E-state index contributed by atoms with van der Waals surface area (Å²) in [5, 5.41) is 17.8. The Bertz CT molecular complexity index is 539. The van der Waals surface area contributed by atoms with E-state index in [0.717, 1.165) is 0 Å². The predicted octanol–water partition coefficient (Wildman–Crippen LogP) is -0.783. The van der Waals surface area contributed by atoms with Gasteiger partial charge in [-0.2, -0.15) is 0 Å². The van der Waals surface area contributed by atoms with Gasteiger partial charge in [-0.1, -0.05) is 26.0 Å². The maximum absolute atomic E-state index is 11.8. The minimum atomic E-state index is -3.91. The van der Waals surface area contributed by atoms with Crippen molar-refractivity contribution < 1.29 is 23.3 Å². The molecule has 0 spiro atoms. The van der Waals surface area contributed by atoms with Crippen molar-refractivity contribution >= 4 is 28.5 Å². The van der Waals surface area contributed by atoms with Gasteiger partial charge in [0.1, 0.15) is 0 Å². The number of carbonyl (C=O) groups is 1. The molecule has 0 atom stereocenters. The molecule has 0 aliphatic heterocycles.